The largest absolute Gasteiger partial charge is 0.508 e. The maximum absolute atomic E-state index is 9.80. The molecule has 0 aromatic heterocycles. The Bertz CT molecular complexity index is 64.6. The quantitative estimate of drug-likeness (QED) is 0.450. The normalized spacial score (nSPS) is 16.9. The number of rotatable bonds is 0. The molecule has 7 heavy (non-hydrogen) atoms. The predicted octanol–water partition coefficient (Wildman–Crippen LogP) is 0.315. The molecule has 0 radical (unpaired) electrons. The molecule has 0 saturated carbocycles. The molecule has 0 spiro atoms. The van der Waals surface area contributed by atoms with Gasteiger partial charge < -0.3 is 15.6 Å². The van der Waals surface area contributed by atoms with Gasteiger partial charge in [0.2, 0.25) is 0 Å². The summed E-state index contributed by atoms with van der Waals surface area (Å²) in [6.07, 6.45) is -0.546. The van der Waals surface area contributed by atoms with E-state index in [1.165, 1.54) is 0 Å². The molecule has 42 valence electrons. The first-order valence-electron chi connectivity index (χ1n) is 1.69. The van der Waals surface area contributed by atoms with E-state index < -0.39 is 6.16 Å². The van der Waals surface area contributed by atoms with Crippen molar-refractivity contribution in [1.29, 1.82) is 0 Å². The first-order chi connectivity index (χ1) is 2.89. The van der Waals surface area contributed by atoms with Crippen molar-refractivity contribution >= 4 is 6.16 Å². The van der Waals surface area contributed by atoms with Crippen molar-refractivity contribution in [3.63, 3.8) is 0 Å². The third kappa shape index (κ3) is 1.41. The van der Waals surface area contributed by atoms with Gasteiger partial charge in [0.15, 0.2) is 0 Å². The fourth-order valence-electron chi connectivity index (χ4n) is 0.292. The molecule has 1 aliphatic rings. The van der Waals surface area contributed by atoms with Crippen molar-refractivity contribution in [2.24, 2.45) is 0 Å². The second kappa shape index (κ2) is 2.41. The fraction of sp³-hybridized carbons (Fsp3) is 0.667. The van der Waals surface area contributed by atoms with Crippen molar-refractivity contribution in [1.82, 2.24) is 6.15 Å². The van der Waals surface area contributed by atoms with Crippen molar-refractivity contribution in [2.75, 3.05) is 13.2 Å². The van der Waals surface area contributed by atoms with Gasteiger partial charge in [-0.2, -0.15) is 0 Å². The lowest BCUT2D eigenvalue weighted by atomic mass is 10.8. The second-order valence-electron chi connectivity index (χ2n) is 0.947. The molecule has 4 nitrogen and oxygen atoms in total. The average molecular weight is 105 g/mol. The van der Waals surface area contributed by atoms with Crippen LogP contribution in [0.4, 0.5) is 4.79 Å². The summed E-state index contributed by atoms with van der Waals surface area (Å²) in [6.45, 7) is 0.831. The molecule has 3 N–H and O–H groups in total. The Morgan fingerprint density at radius 1 is 1.29 bits per heavy atom. The van der Waals surface area contributed by atoms with Crippen molar-refractivity contribution in [3.05, 3.63) is 0 Å². The minimum atomic E-state index is -0.546. The van der Waals surface area contributed by atoms with Gasteiger partial charge in [-0.1, -0.05) is 0 Å². The number of ether oxygens (including phenoxy) is 2. The first-order valence-corrected chi connectivity index (χ1v) is 1.69. The summed E-state index contributed by atoms with van der Waals surface area (Å²) in [5, 5.41) is 0. The van der Waals surface area contributed by atoms with Crippen LogP contribution in [-0.2, 0) is 9.47 Å². The summed E-state index contributed by atoms with van der Waals surface area (Å²) in [6, 6.07) is 0. The van der Waals surface area contributed by atoms with Gasteiger partial charge in [-0.05, 0) is 0 Å². The molecule has 0 aromatic carbocycles. The SMILES string of the molecule is N.O=C1OCCO1. The van der Waals surface area contributed by atoms with Crippen molar-refractivity contribution in [3.8, 4) is 0 Å². The molecular weight excluding hydrogens is 98.0 g/mol. The lowest BCUT2D eigenvalue weighted by Gasteiger charge is -1.78. The first kappa shape index (κ1) is 6.23. The summed E-state index contributed by atoms with van der Waals surface area (Å²) in [4.78, 5) is 9.80. The number of hydrogen-bond acceptors (Lipinski definition) is 4. The van der Waals surface area contributed by atoms with Crippen LogP contribution in [-0.4, -0.2) is 19.4 Å². The molecule has 0 atom stereocenters. The minimum absolute atomic E-state index is 0. The summed E-state index contributed by atoms with van der Waals surface area (Å²) < 4.78 is 8.58. The van der Waals surface area contributed by atoms with Gasteiger partial charge in [0, 0.05) is 0 Å². The molecule has 0 aliphatic carbocycles. The van der Waals surface area contributed by atoms with Crippen LogP contribution in [0.25, 0.3) is 0 Å². The van der Waals surface area contributed by atoms with E-state index in [-0.39, 0.29) is 6.15 Å². The molecular formula is C3H7NO3. The zero-order valence-electron chi connectivity index (χ0n) is 3.85. The summed E-state index contributed by atoms with van der Waals surface area (Å²) in [5.74, 6) is 0. The fourth-order valence-corrected chi connectivity index (χ4v) is 0.292. The third-order valence-corrected chi connectivity index (χ3v) is 0.523. The smallest absolute Gasteiger partial charge is 0.431 e. The highest BCUT2D eigenvalue weighted by Crippen LogP contribution is 1.92. The highest BCUT2D eigenvalue weighted by atomic mass is 16.8. The highest BCUT2D eigenvalue weighted by Gasteiger charge is 2.09. The van der Waals surface area contributed by atoms with Gasteiger partial charge in [0.1, 0.15) is 13.2 Å². The Morgan fingerprint density at radius 3 is 1.86 bits per heavy atom. The van der Waals surface area contributed by atoms with Gasteiger partial charge >= 0.3 is 6.16 Å². The molecule has 0 aromatic rings. The van der Waals surface area contributed by atoms with E-state index in [0.29, 0.717) is 13.2 Å². The third-order valence-electron chi connectivity index (χ3n) is 0.523. The lowest BCUT2D eigenvalue weighted by Crippen LogP contribution is -1.88. The molecule has 1 aliphatic heterocycles. The highest BCUT2D eigenvalue weighted by molar-refractivity contribution is 5.61. The van der Waals surface area contributed by atoms with E-state index in [9.17, 15) is 4.79 Å². The zero-order chi connectivity index (χ0) is 4.41. The summed E-state index contributed by atoms with van der Waals surface area (Å²) in [7, 11) is 0. The molecule has 1 fully saturated rings. The monoisotopic (exact) mass is 105 g/mol. The number of carbonyl (C=O) groups is 1. The minimum Gasteiger partial charge on any atom is -0.431 e. The van der Waals surface area contributed by atoms with E-state index in [1.54, 1.807) is 0 Å². The van der Waals surface area contributed by atoms with Crippen LogP contribution in [0.2, 0.25) is 0 Å². The molecule has 1 rings (SSSR count). The standard InChI is InChI=1S/C3H4O3.H3N/c4-3-5-1-2-6-3;/h1-2H2;1H3. The number of hydrogen-bond donors (Lipinski definition) is 1. The number of cyclic esters (lactones) is 2. The van der Waals surface area contributed by atoms with Crippen LogP contribution in [0.5, 0.6) is 0 Å². The van der Waals surface area contributed by atoms with Crippen LogP contribution < -0.4 is 6.15 Å². The van der Waals surface area contributed by atoms with Crippen molar-refractivity contribution in [2.45, 2.75) is 0 Å². The molecule has 1 heterocycles. The summed E-state index contributed by atoms with van der Waals surface area (Å²) >= 11 is 0. The Labute approximate surface area is 41.0 Å². The van der Waals surface area contributed by atoms with E-state index in [1.807, 2.05) is 0 Å². The Morgan fingerprint density at radius 2 is 1.71 bits per heavy atom. The summed E-state index contributed by atoms with van der Waals surface area (Å²) in [5.41, 5.74) is 0. The van der Waals surface area contributed by atoms with E-state index in [4.69, 9.17) is 0 Å². The number of carbonyl (C=O) groups excluding carboxylic acids is 1. The molecule has 4 heteroatoms. The maximum Gasteiger partial charge on any atom is 0.508 e. The molecule has 0 unspecified atom stereocenters. The van der Waals surface area contributed by atoms with Crippen LogP contribution in [0.3, 0.4) is 0 Å². The van der Waals surface area contributed by atoms with E-state index >= 15 is 0 Å². The lowest BCUT2D eigenvalue weighted by molar-refractivity contribution is 0.131. The molecule has 0 amide bonds. The van der Waals surface area contributed by atoms with Gasteiger partial charge in [0.25, 0.3) is 0 Å². The Kier molecular flexibility index (Phi) is 2.15. The Hall–Kier alpha value is -0.770. The van der Waals surface area contributed by atoms with Gasteiger partial charge in [-0.25, -0.2) is 4.79 Å². The van der Waals surface area contributed by atoms with Gasteiger partial charge in [0.05, 0.1) is 0 Å². The molecule has 0 bridgehead atoms. The average Bonchev–Trinajstić information content (AvgIpc) is 1.86. The van der Waals surface area contributed by atoms with Crippen molar-refractivity contribution < 1.29 is 14.3 Å². The van der Waals surface area contributed by atoms with Crippen LogP contribution >= 0.6 is 0 Å². The zero-order valence-corrected chi connectivity index (χ0v) is 3.85. The maximum atomic E-state index is 9.80. The second-order valence-corrected chi connectivity index (χ2v) is 0.947. The Balaban J connectivity index is 0.000000360. The van der Waals surface area contributed by atoms with Crippen LogP contribution in [0, 0.1) is 0 Å². The topological polar surface area (TPSA) is 70.5 Å². The van der Waals surface area contributed by atoms with Gasteiger partial charge in [-0.15, -0.1) is 0 Å². The van der Waals surface area contributed by atoms with E-state index in [0.717, 1.165) is 0 Å². The van der Waals surface area contributed by atoms with Gasteiger partial charge in [-0.3, -0.25) is 0 Å². The molecule has 1 saturated heterocycles. The van der Waals surface area contributed by atoms with Crippen LogP contribution in [0.1, 0.15) is 0 Å². The van der Waals surface area contributed by atoms with Crippen LogP contribution in [0.15, 0.2) is 0 Å². The predicted molar refractivity (Wildman–Crippen MR) is 22.3 cm³/mol. The van der Waals surface area contributed by atoms with E-state index in [2.05, 4.69) is 9.47 Å².